The van der Waals surface area contributed by atoms with Crippen molar-refractivity contribution < 1.29 is 9.90 Å². The van der Waals surface area contributed by atoms with Crippen LogP contribution < -0.4 is 5.11 Å². The average Bonchev–Trinajstić information content (AvgIpc) is 2.66. The summed E-state index contributed by atoms with van der Waals surface area (Å²) in [4.78, 5) is 10.6. The molecule has 2 aromatic rings. The van der Waals surface area contributed by atoms with E-state index in [-0.39, 0.29) is 5.69 Å². The molecule has 0 atom stereocenters. The van der Waals surface area contributed by atoms with Gasteiger partial charge in [-0.2, -0.15) is 5.10 Å². The number of aromatic nitrogens is 2. The summed E-state index contributed by atoms with van der Waals surface area (Å²) >= 11 is 0. The molecule has 4 heteroatoms. The third kappa shape index (κ3) is 1.82. The van der Waals surface area contributed by atoms with Crippen LogP contribution in [0.2, 0.25) is 0 Å². The largest absolute Gasteiger partial charge is 0.543 e. The minimum atomic E-state index is -1.25. The molecule has 0 saturated heterocycles. The molecule has 0 radical (unpaired) electrons. The number of carbonyl (C=O) groups is 1. The van der Waals surface area contributed by atoms with Crippen molar-refractivity contribution in [2.75, 3.05) is 0 Å². The number of rotatable bonds is 2. The molecule has 0 aliphatic heterocycles. The lowest BCUT2D eigenvalue weighted by molar-refractivity contribution is -0.255. The summed E-state index contributed by atoms with van der Waals surface area (Å²) in [6.45, 7) is 3.98. The minimum Gasteiger partial charge on any atom is -0.543 e. The zero-order chi connectivity index (χ0) is 11.7. The maximum atomic E-state index is 10.6. The van der Waals surface area contributed by atoms with Gasteiger partial charge in [0, 0.05) is 5.56 Å². The monoisotopic (exact) mass is 215 g/mol. The second-order valence-electron chi connectivity index (χ2n) is 3.77. The van der Waals surface area contributed by atoms with Gasteiger partial charge in [-0.05, 0) is 25.5 Å². The van der Waals surface area contributed by atoms with Gasteiger partial charge in [0.05, 0.1) is 17.4 Å². The van der Waals surface area contributed by atoms with Crippen molar-refractivity contribution >= 4 is 5.97 Å². The number of H-pyrrole nitrogens is 1. The van der Waals surface area contributed by atoms with Gasteiger partial charge in [0.1, 0.15) is 0 Å². The Kier molecular flexibility index (Phi) is 2.48. The van der Waals surface area contributed by atoms with E-state index in [0.29, 0.717) is 5.69 Å². The third-order valence-electron chi connectivity index (χ3n) is 2.46. The Labute approximate surface area is 92.9 Å². The van der Waals surface area contributed by atoms with Crippen LogP contribution in [0.1, 0.15) is 21.6 Å². The molecule has 0 amide bonds. The van der Waals surface area contributed by atoms with E-state index < -0.39 is 5.97 Å². The van der Waals surface area contributed by atoms with Crippen LogP contribution in [0.5, 0.6) is 0 Å². The van der Waals surface area contributed by atoms with Gasteiger partial charge < -0.3 is 9.90 Å². The molecule has 0 saturated carbocycles. The highest BCUT2D eigenvalue weighted by molar-refractivity contribution is 5.85. The van der Waals surface area contributed by atoms with Crippen LogP contribution in [-0.2, 0) is 0 Å². The van der Waals surface area contributed by atoms with Gasteiger partial charge >= 0.3 is 0 Å². The lowest BCUT2D eigenvalue weighted by Crippen LogP contribution is -2.22. The number of hydrogen-bond acceptors (Lipinski definition) is 3. The number of carbonyl (C=O) groups excluding carboxylic acids is 1. The molecule has 0 bridgehead atoms. The average molecular weight is 215 g/mol. The molecule has 4 nitrogen and oxygen atoms in total. The quantitative estimate of drug-likeness (QED) is 0.814. The van der Waals surface area contributed by atoms with Crippen LogP contribution in [0, 0.1) is 13.8 Å². The molecule has 0 unspecified atom stereocenters. The van der Waals surface area contributed by atoms with Crippen molar-refractivity contribution in [3.05, 3.63) is 41.1 Å². The fourth-order valence-corrected chi connectivity index (χ4v) is 1.67. The third-order valence-corrected chi connectivity index (χ3v) is 2.46. The lowest BCUT2D eigenvalue weighted by Gasteiger charge is -2.02. The molecule has 16 heavy (non-hydrogen) atoms. The molecular weight excluding hydrogens is 204 g/mol. The summed E-state index contributed by atoms with van der Waals surface area (Å²) < 4.78 is 0. The van der Waals surface area contributed by atoms with Crippen LogP contribution in [0.4, 0.5) is 0 Å². The smallest absolute Gasteiger partial charge is 0.0930 e. The standard InChI is InChI=1S/C12H12N2O2/c1-7-3-4-9(8(2)5-7)10-6-11(12(15)16)14-13-10/h3-6H,1-2H3,(H,13,14)(H,15,16)/p-1. The van der Waals surface area contributed by atoms with Crippen LogP contribution in [-0.4, -0.2) is 16.2 Å². The summed E-state index contributed by atoms with van der Waals surface area (Å²) in [5.74, 6) is -1.25. The summed E-state index contributed by atoms with van der Waals surface area (Å²) in [5.41, 5.74) is 3.77. The fourth-order valence-electron chi connectivity index (χ4n) is 1.67. The summed E-state index contributed by atoms with van der Waals surface area (Å²) in [6, 6.07) is 7.41. The molecule has 82 valence electrons. The van der Waals surface area contributed by atoms with Gasteiger partial charge in [0.25, 0.3) is 0 Å². The Hall–Kier alpha value is -2.10. The van der Waals surface area contributed by atoms with E-state index in [1.807, 2.05) is 32.0 Å². The van der Waals surface area contributed by atoms with Gasteiger partial charge in [0.2, 0.25) is 0 Å². The number of aromatic carboxylic acids is 1. The first-order chi connectivity index (χ1) is 7.58. The van der Waals surface area contributed by atoms with Crippen molar-refractivity contribution in [3.63, 3.8) is 0 Å². The molecule has 1 aromatic carbocycles. The molecule has 1 aromatic heterocycles. The Morgan fingerprint density at radius 3 is 2.62 bits per heavy atom. The molecule has 1 N–H and O–H groups in total. The molecule has 1 heterocycles. The second-order valence-corrected chi connectivity index (χ2v) is 3.77. The molecule has 0 aliphatic carbocycles. The highest BCUT2D eigenvalue weighted by atomic mass is 16.4. The number of hydrogen-bond donors (Lipinski definition) is 1. The second kappa shape index (κ2) is 3.81. The van der Waals surface area contributed by atoms with E-state index in [1.54, 1.807) is 0 Å². The van der Waals surface area contributed by atoms with Crippen LogP contribution in [0.15, 0.2) is 24.3 Å². The molecular formula is C12H11N2O2-. The highest BCUT2D eigenvalue weighted by Crippen LogP contribution is 2.22. The highest BCUT2D eigenvalue weighted by Gasteiger charge is 2.06. The first-order valence-electron chi connectivity index (χ1n) is 4.92. The molecule has 0 spiro atoms. The van der Waals surface area contributed by atoms with Crippen molar-refractivity contribution in [2.24, 2.45) is 0 Å². The first kappa shape index (κ1) is 10.4. The maximum Gasteiger partial charge on any atom is 0.0930 e. The Balaban J connectivity index is 2.46. The zero-order valence-electron chi connectivity index (χ0n) is 9.07. The Morgan fingerprint density at radius 1 is 1.31 bits per heavy atom. The number of aryl methyl sites for hydroxylation is 2. The van der Waals surface area contributed by atoms with Crippen molar-refractivity contribution in [1.29, 1.82) is 0 Å². The number of benzene rings is 1. The van der Waals surface area contributed by atoms with Crippen molar-refractivity contribution in [1.82, 2.24) is 10.2 Å². The lowest BCUT2D eigenvalue weighted by atomic mass is 10.0. The van der Waals surface area contributed by atoms with Gasteiger partial charge in [-0.1, -0.05) is 23.8 Å². The van der Waals surface area contributed by atoms with E-state index >= 15 is 0 Å². The SMILES string of the molecule is Cc1ccc(-c2cc(C(=O)[O-])[nH]n2)c(C)c1. The minimum absolute atomic E-state index is 0.00465. The summed E-state index contributed by atoms with van der Waals surface area (Å²) in [7, 11) is 0. The van der Waals surface area contributed by atoms with Crippen LogP contribution in [0.25, 0.3) is 11.3 Å². The fraction of sp³-hybridized carbons (Fsp3) is 0.167. The molecule has 0 fully saturated rings. The predicted molar refractivity (Wildman–Crippen MR) is 57.8 cm³/mol. The predicted octanol–water partition coefficient (Wildman–Crippen LogP) is 1.06. The number of aromatic amines is 1. The van der Waals surface area contributed by atoms with Gasteiger partial charge in [-0.25, -0.2) is 0 Å². The summed E-state index contributed by atoms with van der Waals surface area (Å²) in [6.07, 6.45) is 0. The van der Waals surface area contributed by atoms with Crippen LogP contribution >= 0.6 is 0 Å². The van der Waals surface area contributed by atoms with Gasteiger partial charge in [-0.15, -0.1) is 0 Å². The number of carboxylic acid groups (broad SMARTS) is 1. The van der Waals surface area contributed by atoms with Crippen molar-refractivity contribution in [3.8, 4) is 11.3 Å². The van der Waals surface area contributed by atoms with Crippen molar-refractivity contribution in [2.45, 2.75) is 13.8 Å². The van der Waals surface area contributed by atoms with Gasteiger partial charge in [-0.3, -0.25) is 5.10 Å². The van der Waals surface area contributed by atoms with Gasteiger partial charge in [0.15, 0.2) is 0 Å². The topological polar surface area (TPSA) is 68.8 Å². The summed E-state index contributed by atoms with van der Waals surface area (Å²) in [5, 5.41) is 17.0. The molecule has 0 aliphatic rings. The number of nitrogens with one attached hydrogen (secondary N) is 1. The Bertz CT molecular complexity index is 544. The number of carboxylic acids is 1. The normalized spacial score (nSPS) is 10.4. The number of nitrogens with zero attached hydrogens (tertiary/aromatic N) is 1. The van der Waals surface area contributed by atoms with E-state index in [9.17, 15) is 9.90 Å². The van der Waals surface area contributed by atoms with E-state index in [2.05, 4.69) is 10.2 Å². The van der Waals surface area contributed by atoms with E-state index in [0.717, 1.165) is 16.7 Å². The zero-order valence-corrected chi connectivity index (χ0v) is 9.07. The van der Waals surface area contributed by atoms with E-state index in [4.69, 9.17) is 0 Å². The van der Waals surface area contributed by atoms with E-state index in [1.165, 1.54) is 6.07 Å². The maximum absolute atomic E-state index is 10.6. The molecule has 2 rings (SSSR count). The van der Waals surface area contributed by atoms with Crippen LogP contribution in [0.3, 0.4) is 0 Å². The first-order valence-corrected chi connectivity index (χ1v) is 4.92. The Morgan fingerprint density at radius 2 is 2.06 bits per heavy atom.